The summed E-state index contributed by atoms with van der Waals surface area (Å²) in [6.07, 6.45) is 17.3. The predicted molar refractivity (Wildman–Crippen MR) is 96.3 cm³/mol. The smallest absolute Gasteiger partial charge is 0.162 e. The van der Waals surface area contributed by atoms with Crippen LogP contribution in [0.4, 0.5) is 5.82 Å². The molecule has 2 aliphatic rings. The van der Waals surface area contributed by atoms with Crippen LogP contribution in [-0.2, 0) is 0 Å². The molecule has 0 saturated heterocycles. The van der Waals surface area contributed by atoms with Crippen molar-refractivity contribution in [3.8, 4) is 11.4 Å². The zero-order valence-electron chi connectivity index (χ0n) is 13.2. The van der Waals surface area contributed by atoms with Gasteiger partial charge in [0.25, 0.3) is 0 Å². The molecule has 2 aliphatic heterocycles. The lowest BCUT2D eigenvalue weighted by molar-refractivity contribution is 0.830. The van der Waals surface area contributed by atoms with Crippen LogP contribution in [0.15, 0.2) is 79.3 Å². The van der Waals surface area contributed by atoms with E-state index < -0.39 is 0 Å². The van der Waals surface area contributed by atoms with E-state index in [1.807, 2.05) is 35.5 Å². The molecular weight excluding hydrogens is 312 g/mol. The van der Waals surface area contributed by atoms with Gasteiger partial charge in [-0.2, -0.15) is 0 Å². The molecule has 0 spiro atoms. The Bertz CT molecular complexity index is 1040. The average Bonchev–Trinajstić information content (AvgIpc) is 3.15. The molecule has 0 aromatic carbocycles. The number of anilines is 1. The summed E-state index contributed by atoms with van der Waals surface area (Å²) in [6.45, 7) is 0. The Labute approximate surface area is 144 Å². The minimum atomic E-state index is 0.241. The first kappa shape index (κ1) is 13.9. The first-order chi connectivity index (χ1) is 12.4. The fourth-order valence-corrected chi connectivity index (χ4v) is 3.04. The van der Waals surface area contributed by atoms with Gasteiger partial charge in [0.15, 0.2) is 5.82 Å². The summed E-state index contributed by atoms with van der Waals surface area (Å²) in [5.41, 5.74) is 2.94. The lowest BCUT2D eigenvalue weighted by Gasteiger charge is -2.23. The molecule has 25 heavy (non-hydrogen) atoms. The molecule has 1 atom stereocenters. The highest BCUT2D eigenvalue weighted by Gasteiger charge is 2.20. The predicted octanol–water partition coefficient (Wildman–Crippen LogP) is 2.79. The highest BCUT2D eigenvalue weighted by atomic mass is 15.2. The molecule has 1 unspecified atom stereocenters. The van der Waals surface area contributed by atoms with E-state index in [0.717, 1.165) is 22.3 Å². The van der Waals surface area contributed by atoms with Gasteiger partial charge in [0, 0.05) is 41.9 Å². The normalized spacial score (nSPS) is 18.2. The van der Waals surface area contributed by atoms with Crippen LogP contribution in [0.3, 0.4) is 0 Å². The summed E-state index contributed by atoms with van der Waals surface area (Å²) in [5, 5.41) is 4.25. The molecule has 5 heterocycles. The fourth-order valence-electron chi connectivity index (χ4n) is 3.04. The number of nitrogens with one attached hydrogen (secondary N) is 1. The SMILES string of the molecule is C1=CC2=CN(c3nc(-c4ccncc4)nc4cnccc34)C=CC2N1. The Kier molecular flexibility index (Phi) is 3.06. The largest absolute Gasteiger partial charge is 0.380 e. The Morgan fingerprint density at radius 3 is 2.80 bits per heavy atom. The van der Waals surface area contributed by atoms with Gasteiger partial charge in [0.1, 0.15) is 5.82 Å². The summed E-state index contributed by atoms with van der Waals surface area (Å²) in [7, 11) is 0. The van der Waals surface area contributed by atoms with Crippen LogP contribution in [-0.4, -0.2) is 26.0 Å². The van der Waals surface area contributed by atoms with Crippen molar-refractivity contribution in [2.75, 3.05) is 4.90 Å². The van der Waals surface area contributed by atoms with Gasteiger partial charge in [-0.15, -0.1) is 0 Å². The van der Waals surface area contributed by atoms with Crippen molar-refractivity contribution in [3.05, 3.63) is 79.3 Å². The van der Waals surface area contributed by atoms with Gasteiger partial charge >= 0.3 is 0 Å². The Morgan fingerprint density at radius 1 is 1.00 bits per heavy atom. The van der Waals surface area contributed by atoms with Crippen molar-refractivity contribution in [1.29, 1.82) is 0 Å². The maximum atomic E-state index is 4.83. The molecule has 0 amide bonds. The molecule has 0 aliphatic carbocycles. The van der Waals surface area contributed by atoms with Crippen LogP contribution in [0.2, 0.25) is 0 Å². The first-order valence-corrected chi connectivity index (χ1v) is 8.02. The number of pyridine rings is 2. The van der Waals surface area contributed by atoms with Gasteiger partial charge in [-0.25, -0.2) is 9.97 Å². The Morgan fingerprint density at radius 2 is 1.88 bits per heavy atom. The third-order valence-electron chi connectivity index (χ3n) is 4.30. The zero-order chi connectivity index (χ0) is 16.6. The van der Waals surface area contributed by atoms with E-state index in [2.05, 4.69) is 38.6 Å². The van der Waals surface area contributed by atoms with E-state index in [9.17, 15) is 0 Å². The summed E-state index contributed by atoms with van der Waals surface area (Å²) >= 11 is 0. The van der Waals surface area contributed by atoms with Crippen LogP contribution in [0.5, 0.6) is 0 Å². The molecule has 120 valence electrons. The summed E-state index contributed by atoms with van der Waals surface area (Å²) in [4.78, 5) is 19.8. The molecule has 1 N–H and O–H groups in total. The van der Waals surface area contributed by atoms with Crippen LogP contribution in [0.25, 0.3) is 22.3 Å². The van der Waals surface area contributed by atoms with Crippen molar-refractivity contribution in [2.24, 2.45) is 0 Å². The van der Waals surface area contributed by atoms with Gasteiger partial charge in [0.05, 0.1) is 17.8 Å². The maximum absolute atomic E-state index is 4.83. The summed E-state index contributed by atoms with van der Waals surface area (Å²) in [6, 6.07) is 6.00. The second kappa shape index (κ2) is 5.52. The number of hydrogen-bond donors (Lipinski definition) is 1. The highest BCUT2D eigenvalue weighted by Crippen LogP contribution is 2.30. The number of hydrogen-bond acceptors (Lipinski definition) is 6. The number of fused-ring (bicyclic) bond motifs is 2. The lowest BCUT2D eigenvalue weighted by atomic mass is 10.1. The highest BCUT2D eigenvalue weighted by molar-refractivity contribution is 5.91. The van der Waals surface area contributed by atoms with Crippen molar-refractivity contribution >= 4 is 16.7 Å². The van der Waals surface area contributed by atoms with Crippen LogP contribution >= 0.6 is 0 Å². The standard InChI is InChI=1S/C19H14N6/c1-6-20-7-2-13(1)18-23-17-11-21-8-4-15(17)19(24-18)25-10-5-16-14(12-25)3-9-22-16/h1-12,16,22H. The van der Waals surface area contributed by atoms with E-state index in [1.54, 1.807) is 24.8 Å². The monoisotopic (exact) mass is 326 g/mol. The second-order valence-electron chi connectivity index (χ2n) is 5.86. The minimum Gasteiger partial charge on any atom is -0.380 e. The second-order valence-corrected chi connectivity index (χ2v) is 5.86. The Hall–Kier alpha value is -3.54. The molecule has 0 saturated carbocycles. The number of nitrogens with zero attached hydrogens (tertiary/aromatic N) is 5. The van der Waals surface area contributed by atoms with E-state index in [0.29, 0.717) is 5.82 Å². The van der Waals surface area contributed by atoms with Crippen molar-refractivity contribution in [3.63, 3.8) is 0 Å². The Balaban J connectivity index is 1.70. The van der Waals surface area contributed by atoms with E-state index >= 15 is 0 Å². The average molecular weight is 326 g/mol. The fraction of sp³-hybridized carbons (Fsp3) is 0.0526. The van der Waals surface area contributed by atoms with Gasteiger partial charge < -0.3 is 10.2 Å². The van der Waals surface area contributed by atoms with Crippen LogP contribution < -0.4 is 10.2 Å². The molecule has 0 bridgehead atoms. The molecule has 0 radical (unpaired) electrons. The topological polar surface area (TPSA) is 66.8 Å². The number of aromatic nitrogens is 4. The van der Waals surface area contributed by atoms with E-state index in [-0.39, 0.29) is 6.04 Å². The molecule has 3 aromatic rings. The van der Waals surface area contributed by atoms with Gasteiger partial charge in [0.2, 0.25) is 0 Å². The van der Waals surface area contributed by atoms with Crippen molar-refractivity contribution in [1.82, 2.24) is 25.3 Å². The molecule has 6 heteroatoms. The van der Waals surface area contributed by atoms with Crippen molar-refractivity contribution < 1.29 is 0 Å². The molecule has 5 rings (SSSR count). The maximum Gasteiger partial charge on any atom is 0.162 e. The summed E-state index contributed by atoms with van der Waals surface area (Å²) in [5.74, 6) is 1.49. The van der Waals surface area contributed by atoms with E-state index in [4.69, 9.17) is 4.98 Å². The molecule has 3 aromatic heterocycles. The first-order valence-electron chi connectivity index (χ1n) is 8.02. The summed E-state index contributed by atoms with van der Waals surface area (Å²) < 4.78 is 0. The minimum absolute atomic E-state index is 0.241. The van der Waals surface area contributed by atoms with Crippen LogP contribution in [0.1, 0.15) is 0 Å². The van der Waals surface area contributed by atoms with Gasteiger partial charge in [-0.05, 0) is 42.1 Å². The number of rotatable bonds is 2. The third kappa shape index (κ3) is 2.35. The molecule has 0 fully saturated rings. The lowest BCUT2D eigenvalue weighted by Crippen LogP contribution is -2.25. The molecular formula is C19H14N6. The van der Waals surface area contributed by atoms with Crippen molar-refractivity contribution in [2.45, 2.75) is 6.04 Å². The van der Waals surface area contributed by atoms with Gasteiger partial charge in [-0.1, -0.05) is 0 Å². The third-order valence-corrected chi connectivity index (χ3v) is 4.30. The van der Waals surface area contributed by atoms with Gasteiger partial charge in [-0.3, -0.25) is 9.97 Å². The quantitative estimate of drug-likeness (QED) is 0.781. The zero-order valence-corrected chi connectivity index (χ0v) is 13.2. The molecule has 6 nitrogen and oxygen atoms in total. The van der Waals surface area contributed by atoms with Crippen LogP contribution in [0, 0.1) is 0 Å². The van der Waals surface area contributed by atoms with E-state index in [1.165, 1.54) is 5.57 Å².